The van der Waals surface area contributed by atoms with Gasteiger partial charge in [-0.25, -0.2) is 9.78 Å². The van der Waals surface area contributed by atoms with Gasteiger partial charge in [0, 0.05) is 23.3 Å². The van der Waals surface area contributed by atoms with Gasteiger partial charge in [0.2, 0.25) is 0 Å². The highest BCUT2D eigenvalue weighted by molar-refractivity contribution is 5.93. The highest BCUT2D eigenvalue weighted by Gasteiger charge is 2.16. The van der Waals surface area contributed by atoms with Crippen LogP contribution >= 0.6 is 0 Å². The molecular weight excluding hydrogens is 472 g/mol. The van der Waals surface area contributed by atoms with E-state index in [2.05, 4.69) is 10.1 Å². The third-order valence-corrected chi connectivity index (χ3v) is 5.51. The third-order valence-electron chi connectivity index (χ3n) is 5.51. The molecule has 0 N–H and O–H groups in total. The van der Waals surface area contributed by atoms with Crippen molar-refractivity contribution in [3.63, 3.8) is 0 Å². The van der Waals surface area contributed by atoms with Gasteiger partial charge in [-0.1, -0.05) is 60.7 Å². The van der Waals surface area contributed by atoms with E-state index >= 15 is 0 Å². The van der Waals surface area contributed by atoms with Crippen LogP contribution in [0.25, 0.3) is 22.3 Å². The zero-order valence-electron chi connectivity index (χ0n) is 19.2. The number of para-hydroxylation sites is 1. The first-order valence-corrected chi connectivity index (χ1v) is 11.2. The first-order valence-electron chi connectivity index (χ1n) is 11.2. The topological polar surface area (TPSA) is 117 Å². The Kier molecular flexibility index (Phi) is 6.33. The minimum Gasteiger partial charge on any atom is -0.422 e. The molecule has 9 nitrogen and oxygen atoms in total. The number of carbonyl (C=O) groups is 1. The minimum absolute atomic E-state index is 0.0475. The van der Waals surface area contributed by atoms with E-state index < -0.39 is 16.5 Å². The smallest absolute Gasteiger partial charge is 0.343 e. The SMILES string of the molecule is O=C(Oc1ccc([N+](=O)[O-])cc1C=Nn1c(-c2ccccc2)nc2ccccc2c1=O)c1ccccc1. The Hall–Kier alpha value is -5.44. The van der Waals surface area contributed by atoms with Gasteiger partial charge in [0.25, 0.3) is 11.2 Å². The fourth-order valence-corrected chi connectivity index (χ4v) is 3.70. The summed E-state index contributed by atoms with van der Waals surface area (Å²) in [7, 11) is 0. The van der Waals surface area contributed by atoms with Gasteiger partial charge in [0.05, 0.1) is 27.6 Å². The molecule has 0 saturated heterocycles. The lowest BCUT2D eigenvalue weighted by Gasteiger charge is -2.10. The largest absolute Gasteiger partial charge is 0.422 e. The van der Waals surface area contributed by atoms with Crippen LogP contribution in [0, 0.1) is 10.1 Å². The summed E-state index contributed by atoms with van der Waals surface area (Å²) in [5.41, 5.74) is 0.952. The second kappa shape index (κ2) is 10.0. The molecule has 4 aromatic carbocycles. The molecule has 0 fully saturated rings. The number of hydrogen-bond acceptors (Lipinski definition) is 7. The minimum atomic E-state index is -0.640. The number of hydrogen-bond donors (Lipinski definition) is 0. The highest BCUT2D eigenvalue weighted by Crippen LogP contribution is 2.25. The molecule has 0 bridgehead atoms. The number of nitrogens with zero attached hydrogens (tertiary/aromatic N) is 4. The average Bonchev–Trinajstić information content (AvgIpc) is 2.94. The van der Waals surface area contributed by atoms with E-state index in [1.54, 1.807) is 66.7 Å². The first kappa shape index (κ1) is 23.3. The van der Waals surface area contributed by atoms with Gasteiger partial charge in [-0.2, -0.15) is 9.78 Å². The van der Waals surface area contributed by atoms with Crippen LogP contribution in [0.15, 0.2) is 113 Å². The monoisotopic (exact) mass is 490 g/mol. The van der Waals surface area contributed by atoms with Gasteiger partial charge in [-0.05, 0) is 30.3 Å². The Morgan fingerprint density at radius 2 is 1.59 bits per heavy atom. The van der Waals surface area contributed by atoms with Gasteiger partial charge < -0.3 is 4.74 Å². The van der Waals surface area contributed by atoms with E-state index in [0.717, 1.165) is 4.68 Å². The lowest BCUT2D eigenvalue weighted by atomic mass is 10.2. The van der Waals surface area contributed by atoms with Crippen molar-refractivity contribution in [1.82, 2.24) is 9.66 Å². The number of carbonyl (C=O) groups excluding carboxylic acids is 1. The maximum atomic E-state index is 13.4. The molecule has 0 unspecified atom stereocenters. The quantitative estimate of drug-likeness (QED) is 0.108. The highest BCUT2D eigenvalue weighted by atomic mass is 16.6. The van der Waals surface area contributed by atoms with Crippen molar-refractivity contribution in [2.24, 2.45) is 5.10 Å². The molecule has 5 rings (SSSR count). The maximum Gasteiger partial charge on any atom is 0.343 e. The molecule has 37 heavy (non-hydrogen) atoms. The van der Waals surface area contributed by atoms with Crippen molar-refractivity contribution >= 4 is 28.8 Å². The summed E-state index contributed by atoms with van der Waals surface area (Å²) < 4.78 is 6.64. The molecular formula is C28H18N4O5. The number of aromatic nitrogens is 2. The molecule has 1 heterocycles. The Bertz CT molecular complexity index is 1710. The van der Waals surface area contributed by atoms with E-state index in [1.807, 2.05) is 18.2 Å². The Morgan fingerprint density at radius 1 is 0.919 bits per heavy atom. The average molecular weight is 490 g/mol. The van der Waals surface area contributed by atoms with Crippen molar-refractivity contribution in [3.8, 4) is 17.1 Å². The normalized spacial score (nSPS) is 11.0. The maximum absolute atomic E-state index is 13.4. The van der Waals surface area contributed by atoms with Crippen LogP contribution < -0.4 is 10.3 Å². The number of fused-ring (bicyclic) bond motifs is 1. The van der Waals surface area contributed by atoms with Crippen molar-refractivity contribution in [2.75, 3.05) is 0 Å². The molecule has 9 heteroatoms. The molecule has 0 spiro atoms. The summed E-state index contributed by atoms with van der Waals surface area (Å²) >= 11 is 0. The Labute approximate surface area is 210 Å². The second-order valence-electron chi connectivity index (χ2n) is 7.91. The van der Waals surface area contributed by atoms with E-state index in [-0.39, 0.29) is 22.8 Å². The predicted octanol–water partition coefficient (Wildman–Crippen LogP) is 5.07. The Balaban J connectivity index is 1.63. The summed E-state index contributed by atoms with van der Waals surface area (Å²) in [6, 6.07) is 28.0. The lowest BCUT2D eigenvalue weighted by molar-refractivity contribution is -0.384. The van der Waals surface area contributed by atoms with Gasteiger partial charge in [0.1, 0.15) is 5.75 Å². The summed E-state index contributed by atoms with van der Waals surface area (Å²) in [5.74, 6) is -0.307. The number of rotatable bonds is 6. The van der Waals surface area contributed by atoms with Crippen LogP contribution in [-0.2, 0) is 0 Å². The second-order valence-corrected chi connectivity index (χ2v) is 7.91. The third kappa shape index (κ3) is 4.87. The van der Waals surface area contributed by atoms with Crippen LogP contribution in [0.4, 0.5) is 5.69 Å². The van der Waals surface area contributed by atoms with E-state index in [9.17, 15) is 19.7 Å². The summed E-state index contributed by atoms with van der Waals surface area (Å²) in [5, 5.41) is 16.1. The van der Waals surface area contributed by atoms with Crippen LogP contribution in [0.2, 0.25) is 0 Å². The van der Waals surface area contributed by atoms with Crippen molar-refractivity contribution in [2.45, 2.75) is 0 Å². The van der Waals surface area contributed by atoms with Gasteiger partial charge in [0.15, 0.2) is 5.82 Å². The lowest BCUT2D eigenvalue weighted by Crippen LogP contribution is -2.20. The number of benzene rings is 4. The van der Waals surface area contributed by atoms with Gasteiger partial charge in [-0.15, -0.1) is 0 Å². The molecule has 0 radical (unpaired) electrons. The van der Waals surface area contributed by atoms with Crippen LogP contribution in [0.5, 0.6) is 5.75 Å². The van der Waals surface area contributed by atoms with Crippen LogP contribution in [-0.4, -0.2) is 26.8 Å². The molecule has 0 aliphatic rings. The number of esters is 1. The molecule has 180 valence electrons. The molecule has 1 aromatic heterocycles. The van der Waals surface area contributed by atoms with E-state index in [0.29, 0.717) is 22.0 Å². The molecule has 0 aliphatic carbocycles. The van der Waals surface area contributed by atoms with Crippen molar-refractivity contribution in [1.29, 1.82) is 0 Å². The molecule has 0 atom stereocenters. The standard InChI is InChI=1S/C28H18N4O5/c33-27-23-13-7-8-14-24(23)30-26(19-9-3-1-4-10-19)31(27)29-18-21-17-22(32(35)36)15-16-25(21)37-28(34)20-11-5-2-6-12-20/h1-18H. The zero-order valence-corrected chi connectivity index (χ0v) is 19.2. The molecule has 0 aliphatic heterocycles. The number of ether oxygens (including phenoxy) is 1. The van der Waals surface area contributed by atoms with E-state index in [4.69, 9.17) is 4.74 Å². The first-order chi connectivity index (χ1) is 18.0. The summed E-state index contributed by atoms with van der Waals surface area (Å²) in [4.78, 5) is 41.5. The molecule has 0 saturated carbocycles. The predicted molar refractivity (Wildman–Crippen MR) is 139 cm³/mol. The van der Waals surface area contributed by atoms with Gasteiger partial charge in [-0.3, -0.25) is 14.9 Å². The summed E-state index contributed by atoms with van der Waals surface area (Å²) in [6.07, 6.45) is 1.24. The molecule has 5 aromatic rings. The molecule has 0 amide bonds. The zero-order chi connectivity index (χ0) is 25.8. The fourth-order valence-electron chi connectivity index (χ4n) is 3.70. The summed E-state index contributed by atoms with van der Waals surface area (Å²) in [6.45, 7) is 0. The van der Waals surface area contributed by atoms with Crippen LogP contribution in [0.1, 0.15) is 15.9 Å². The van der Waals surface area contributed by atoms with Crippen molar-refractivity contribution in [3.05, 3.63) is 135 Å². The van der Waals surface area contributed by atoms with E-state index in [1.165, 1.54) is 24.4 Å². The number of nitro groups is 1. The Morgan fingerprint density at radius 3 is 2.32 bits per heavy atom. The van der Waals surface area contributed by atoms with Crippen molar-refractivity contribution < 1.29 is 14.5 Å². The van der Waals surface area contributed by atoms with Crippen LogP contribution in [0.3, 0.4) is 0 Å². The fraction of sp³-hybridized carbons (Fsp3) is 0. The number of non-ortho nitro benzene ring substituents is 1. The van der Waals surface area contributed by atoms with Gasteiger partial charge >= 0.3 is 5.97 Å². The number of nitro benzene ring substituents is 1.